The maximum absolute atomic E-state index is 13.3. The van der Waals surface area contributed by atoms with E-state index >= 15 is 0 Å². The Morgan fingerprint density at radius 1 is 0.976 bits per heavy atom. The van der Waals surface area contributed by atoms with Gasteiger partial charge >= 0.3 is 18.3 Å². The molecule has 1 fully saturated rings. The summed E-state index contributed by atoms with van der Waals surface area (Å²) in [5.41, 5.74) is 4.77. The Morgan fingerprint density at radius 3 is 2.14 bits per heavy atom. The van der Waals surface area contributed by atoms with Gasteiger partial charge in [-0.3, -0.25) is 14.6 Å². The molecular weight excluding hydrogens is 642 g/mol. The molecule has 0 unspecified atom stereocenters. The third-order valence-corrected chi connectivity index (χ3v) is 6.14. The summed E-state index contributed by atoms with van der Waals surface area (Å²) >= 11 is 3.05. The number of carbonyl (C=O) groups excluding carboxylic acids is 2. The number of anilines is 3. The quantitative estimate of drug-likeness (QED) is 0.226. The Balaban J connectivity index is 0.000000616. The van der Waals surface area contributed by atoms with Crippen molar-refractivity contribution >= 4 is 50.9 Å². The molecule has 1 aliphatic rings. The van der Waals surface area contributed by atoms with Crippen LogP contribution in [0.1, 0.15) is 34.5 Å². The number of nitrogen functional groups attached to an aromatic ring is 1. The second kappa shape index (κ2) is 12.6. The Labute approximate surface area is 241 Å². The van der Waals surface area contributed by atoms with Crippen molar-refractivity contribution in [3.8, 4) is 0 Å². The largest absolute Gasteiger partial charge is 0.490 e. The molecule has 1 saturated carbocycles. The standard InChI is InChI=1S/C23H20BrF3N6O2.C2HF3O2/c24-14-2-5-18(17(9-14)23(25,26)27)32-16-4-3-15(29-12-16)11-31-21(35)22(7-8-22)33-20(34)13-1-6-19(28)30-10-13;3-2(4,5)1(6)7/h1-6,9-10,12,32H,7-8,11H2,(H2,28,30)(H,31,35)(H,33,34);(H,6,7). The molecule has 0 radical (unpaired) electrons. The zero-order valence-electron chi connectivity index (χ0n) is 21.1. The number of nitrogens with two attached hydrogens (primary N) is 1. The number of hydrogen-bond donors (Lipinski definition) is 5. The molecule has 4 rings (SSSR count). The van der Waals surface area contributed by atoms with Gasteiger partial charge in [-0.1, -0.05) is 15.9 Å². The van der Waals surface area contributed by atoms with Gasteiger partial charge in [0.15, 0.2) is 0 Å². The van der Waals surface area contributed by atoms with Crippen LogP contribution < -0.4 is 21.7 Å². The third kappa shape index (κ3) is 8.79. The fraction of sp³-hybridized carbons (Fsp3) is 0.240. The maximum Gasteiger partial charge on any atom is 0.490 e. The van der Waals surface area contributed by atoms with E-state index in [1.807, 2.05) is 0 Å². The lowest BCUT2D eigenvalue weighted by molar-refractivity contribution is -0.192. The molecule has 224 valence electrons. The summed E-state index contributed by atoms with van der Waals surface area (Å²) in [6.45, 7) is 0.0895. The van der Waals surface area contributed by atoms with Crippen molar-refractivity contribution < 1.29 is 45.8 Å². The summed E-state index contributed by atoms with van der Waals surface area (Å²) in [6.07, 6.45) is -5.89. The fourth-order valence-corrected chi connectivity index (χ4v) is 3.68. The summed E-state index contributed by atoms with van der Waals surface area (Å²) in [7, 11) is 0. The van der Waals surface area contributed by atoms with E-state index in [1.165, 1.54) is 36.7 Å². The lowest BCUT2D eigenvalue weighted by atomic mass is 10.1. The van der Waals surface area contributed by atoms with Gasteiger partial charge in [-0.15, -0.1) is 0 Å². The highest BCUT2D eigenvalue weighted by Crippen LogP contribution is 2.38. The number of benzene rings is 1. The molecular formula is C25H21BrF6N6O4. The molecule has 0 saturated heterocycles. The van der Waals surface area contributed by atoms with Crippen molar-refractivity contribution in [3.05, 3.63) is 76.2 Å². The SMILES string of the molecule is Nc1ccc(C(=O)NC2(C(=O)NCc3ccc(Nc4ccc(Br)cc4C(F)(F)F)cn3)CC2)cn1.O=C(O)C(F)(F)F. The zero-order valence-corrected chi connectivity index (χ0v) is 22.7. The predicted molar refractivity (Wildman–Crippen MR) is 140 cm³/mol. The van der Waals surface area contributed by atoms with Crippen LogP contribution in [0.25, 0.3) is 0 Å². The van der Waals surface area contributed by atoms with Crippen molar-refractivity contribution in [1.82, 2.24) is 20.6 Å². The normalized spacial score (nSPS) is 13.7. The maximum atomic E-state index is 13.3. The Bertz CT molecular complexity index is 1450. The molecule has 0 aliphatic heterocycles. The molecule has 2 aromatic heterocycles. The summed E-state index contributed by atoms with van der Waals surface area (Å²) in [5, 5.41) is 15.3. The molecule has 42 heavy (non-hydrogen) atoms. The number of nitrogens with one attached hydrogen (secondary N) is 3. The zero-order chi connectivity index (χ0) is 31.3. The molecule has 0 bridgehead atoms. The molecule has 2 heterocycles. The van der Waals surface area contributed by atoms with E-state index in [-0.39, 0.29) is 24.0 Å². The molecule has 0 spiro atoms. The average Bonchev–Trinajstić information content (AvgIpc) is 3.69. The Kier molecular flexibility index (Phi) is 9.65. The highest BCUT2D eigenvalue weighted by molar-refractivity contribution is 9.10. The van der Waals surface area contributed by atoms with Gasteiger partial charge in [0.2, 0.25) is 5.91 Å². The second-order valence-corrected chi connectivity index (χ2v) is 9.76. The van der Waals surface area contributed by atoms with E-state index in [4.69, 9.17) is 15.6 Å². The molecule has 1 aliphatic carbocycles. The molecule has 3 aromatic rings. The average molecular weight is 663 g/mol. The van der Waals surface area contributed by atoms with Crippen LogP contribution in [0.15, 0.2) is 59.3 Å². The van der Waals surface area contributed by atoms with Gasteiger partial charge in [-0.2, -0.15) is 26.3 Å². The van der Waals surface area contributed by atoms with E-state index in [1.54, 1.807) is 12.1 Å². The first-order chi connectivity index (χ1) is 19.5. The second-order valence-electron chi connectivity index (χ2n) is 8.84. The van der Waals surface area contributed by atoms with Crippen molar-refractivity contribution in [2.75, 3.05) is 11.1 Å². The monoisotopic (exact) mass is 662 g/mol. The van der Waals surface area contributed by atoms with Gasteiger partial charge in [0, 0.05) is 10.7 Å². The van der Waals surface area contributed by atoms with E-state index in [0.717, 1.165) is 6.07 Å². The van der Waals surface area contributed by atoms with Crippen LogP contribution in [0.4, 0.5) is 43.5 Å². The van der Waals surface area contributed by atoms with Crippen LogP contribution in [0.3, 0.4) is 0 Å². The van der Waals surface area contributed by atoms with E-state index in [2.05, 4.69) is 41.8 Å². The van der Waals surface area contributed by atoms with Crippen molar-refractivity contribution in [3.63, 3.8) is 0 Å². The van der Waals surface area contributed by atoms with Crippen LogP contribution in [-0.4, -0.2) is 44.6 Å². The number of pyridine rings is 2. The van der Waals surface area contributed by atoms with E-state index in [9.17, 15) is 35.9 Å². The van der Waals surface area contributed by atoms with Crippen molar-refractivity contribution in [2.45, 2.75) is 37.3 Å². The van der Waals surface area contributed by atoms with Crippen LogP contribution in [0.2, 0.25) is 0 Å². The highest BCUT2D eigenvalue weighted by atomic mass is 79.9. The highest BCUT2D eigenvalue weighted by Gasteiger charge is 2.51. The summed E-state index contributed by atoms with van der Waals surface area (Å²) in [4.78, 5) is 42.1. The van der Waals surface area contributed by atoms with Gasteiger partial charge in [0.1, 0.15) is 11.4 Å². The van der Waals surface area contributed by atoms with Gasteiger partial charge in [-0.25, -0.2) is 9.78 Å². The minimum absolute atomic E-state index is 0.0895. The molecule has 2 amide bonds. The number of hydrogen-bond acceptors (Lipinski definition) is 7. The first-order valence-electron chi connectivity index (χ1n) is 11.7. The Morgan fingerprint density at radius 2 is 1.64 bits per heavy atom. The first-order valence-corrected chi connectivity index (χ1v) is 12.5. The number of rotatable bonds is 7. The minimum Gasteiger partial charge on any atom is -0.475 e. The Hall–Kier alpha value is -4.41. The van der Waals surface area contributed by atoms with Crippen molar-refractivity contribution in [1.29, 1.82) is 0 Å². The van der Waals surface area contributed by atoms with Crippen molar-refractivity contribution in [2.24, 2.45) is 0 Å². The van der Waals surface area contributed by atoms with Gasteiger partial charge in [0.05, 0.1) is 40.9 Å². The number of amides is 2. The topological polar surface area (TPSA) is 159 Å². The number of carboxylic acid groups (broad SMARTS) is 1. The smallest absolute Gasteiger partial charge is 0.475 e. The van der Waals surface area contributed by atoms with Crippen LogP contribution in [-0.2, 0) is 22.3 Å². The summed E-state index contributed by atoms with van der Waals surface area (Å²) < 4.78 is 72.0. The fourth-order valence-electron chi connectivity index (χ4n) is 3.32. The van der Waals surface area contributed by atoms with Gasteiger partial charge in [-0.05, 0) is 55.3 Å². The molecule has 0 atom stereocenters. The number of carbonyl (C=O) groups is 3. The van der Waals surface area contributed by atoms with Crippen LogP contribution >= 0.6 is 15.9 Å². The van der Waals surface area contributed by atoms with Crippen LogP contribution in [0, 0.1) is 0 Å². The van der Waals surface area contributed by atoms with Gasteiger partial charge < -0.3 is 26.8 Å². The number of aliphatic carboxylic acids is 1. The van der Waals surface area contributed by atoms with E-state index in [0.29, 0.717) is 34.3 Å². The molecule has 6 N–H and O–H groups in total. The number of alkyl halides is 6. The molecule has 17 heteroatoms. The number of halogens is 7. The summed E-state index contributed by atoms with van der Waals surface area (Å²) in [5.74, 6) is -3.24. The first kappa shape index (κ1) is 32.1. The number of aromatic nitrogens is 2. The van der Waals surface area contributed by atoms with E-state index < -0.39 is 35.3 Å². The van der Waals surface area contributed by atoms with Gasteiger partial charge in [0.25, 0.3) is 5.91 Å². The molecule has 1 aromatic carbocycles. The third-order valence-electron chi connectivity index (χ3n) is 5.65. The lowest BCUT2D eigenvalue weighted by Gasteiger charge is -2.17. The minimum atomic E-state index is -5.08. The molecule has 10 nitrogen and oxygen atoms in total. The number of nitrogens with zero attached hydrogens (tertiary/aromatic N) is 2. The van der Waals surface area contributed by atoms with Crippen LogP contribution in [0.5, 0.6) is 0 Å². The lowest BCUT2D eigenvalue weighted by Crippen LogP contribution is -2.48. The summed E-state index contributed by atoms with van der Waals surface area (Å²) in [6, 6.07) is 10.0. The predicted octanol–water partition coefficient (Wildman–Crippen LogP) is 4.80. The number of carboxylic acids is 1.